The van der Waals surface area contributed by atoms with Gasteiger partial charge in [-0.2, -0.15) is 0 Å². The molecule has 0 bridgehead atoms. The molecule has 0 fully saturated rings. The first-order chi connectivity index (χ1) is 12.4. The summed E-state index contributed by atoms with van der Waals surface area (Å²) >= 11 is 3.48. The average molecular weight is 477 g/mol. The van der Waals surface area contributed by atoms with E-state index in [1.807, 2.05) is 44.2 Å². The quantitative estimate of drug-likeness (QED) is 0.482. The maximum absolute atomic E-state index is 12.4. The molecule has 0 saturated heterocycles. The number of amides is 1. The standard InChI is InChI=1S/C20H16INO3S/c1-11-3-4-14(9-12(11)2)18-17(20(24)25)16(10-26-18)22-19(23)13-5-7-15(21)8-6-13/h3-10H,1-2H3,(H,22,23)(H,24,25). The maximum atomic E-state index is 12.4. The van der Waals surface area contributed by atoms with Gasteiger partial charge in [-0.3, -0.25) is 4.79 Å². The highest BCUT2D eigenvalue weighted by Gasteiger charge is 2.21. The van der Waals surface area contributed by atoms with Gasteiger partial charge in [-0.05, 0) is 77.4 Å². The Morgan fingerprint density at radius 2 is 1.73 bits per heavy atom. The molecular formula is C20H16INO3S. The van der Waals surface area contributed by atoms with Crippen molar-refractivity contribution in [2.75, 3.05) is 5.32 Å². The van der Waals surface area contributed by atoms with Crippen LogP contribution in [0.2, 0.25) is 0 Å². The fourth-order valence-electron chi connectivity index (χ4n) is 2.55. The number of hydrogen-bond acceptors (Lipinski definition) is 3. The van der Waals surface area contributed by atoms with Crippen LogP contribution >= 0.6 is 33.9 Å². The molecule has 3 aromatic rings. The summed E-state index contributed by atoms with van der Waals surface area (Å²) in [7, 11) is 0. The molecule has 1 amide bonds. The first-order valence-corrected chi connectivity index (χ1v) is 9.82. The third-order valence-corrected chi connectivity index (χ3v) is 5.88. The molecule has 0 spiro atoms. The minimum absolute atomic E-state index is 0.122. The molecule has 0 saturated carbocycles. The summed E-state index contributed by atoms with van der Waals surface area (Å²) in [5, 5.41) is 14.1. The molecule has 0 aliphatic carbocycles. The van der Waals surface area contributed by atoms with Gasteiger partial charge < -0.3 is 10.4 Å². The average Bonchev–Trinajstić information content (AvgIpc) is 3.01. The Hall–Kier alpha value is -2.19. The van der Waals surface area contributed by atoms with Crippen LogP contribution in [0, 0.1) is 17.4 Å². The molecule has 0 unspecified atom stereocenters. The number of aryl methyl sites for hydroxylation is 2. The number of nitrogens with one attached hydrogen (secondary N) is 1. The molecule has 0 aliphatic heterocycles. The second-order valence-corrected chi connectivity index (χ2v) is 8.04. The lowest BCUT2D eigenvalue weighted by Crippen LogP contribution is -2.14. The van der Waals surface area contributed by atoms with Crippen molar-refractivity contribution in [1.29, 1.82) is 0 Å². The normalized spacial score (nSPS) is 10.6. The van der Waals surface area contributed by atoms with Crippen molar-refractivity contribution < 1.29 is 14.7 Å². The van der Waals surface area contributed by atoms with Gasteiger partial charge in [0.1, 0.15) is 5.56 Å². The predicted octanol–water partition coefficient (Wildman–Crippen LogP) is 5.59. The second kappa shape index (κ2) is 7.59. The molecule has 3 rings (SSSR count). The first-order valence-electron chi connectivity index (χ1n) is 7.86. The van der Waals surface area contributed by atoms with E-state index in [-0.39, 0.29) is 11.5 Å². The fourth-order valence-corrected chi connectivity index (χ4v) is 3.90. The van der Waals surface area contributed by atoms with Crippen molar-refractivity contribution in [3.63, 3.8) is 0 Å². The highest BCUT2D eigenvalue weighted by Crippen LogP contribution is 2.37. The Kier molecular flexibility index (Phi) is 5.43. The SMILES string of the molecule is Cc1ccc(-c2scc(NC(=O)c3ccc(I)cc3)c2C(=O)O)cc1C. The van der Waals surface area contributed by atoms with Gasteiger partial charge in [-0.1, -0.05) is 18.2 Å². The van der Waals surface area contributed by atoms with E-state index in [4.69, 9.17) is 0 Å². The molecule has 132 valence electrons. The van der Waals surface area contributed by atoms with Crippen molar-refractivity contribution >= 4 is 51.5 Å². The number of halogens is 1. The molecule has 1 heterocycles. The Morgan fingerprint density at radius 3 is 2.35 bits per heavy atom. The zero-order valence-electron chi connectivity index (χ0n) is 14.2. The van der Waals surface area contributed by atoms with Crippen LogP contribution in [0.5, 0.6) is 0 Å². The molecule has 26 heavy (non-hydrogen) atoms. The number of rotatable bonds is 4. The molecule has 2 N–H and O–H groups in total. The highest BCUT2D eigenvalue weighted by atomic mass is 127. The molecule has 0 aliphatic rings. The Balaban J connectivity index is 1.97. The van der Waals surface area contributed by atoms with Gasteiger partial charge in [0.25, 0.3) is 5.91 Å². The number of carboxylic acid groups (broad SMARTS) is 1. The van der Waals surface area contributed by atoms with Crippen LogP contribution in [0.25, 0.3) is 10.4 Å². The van der Waals surface area contributed by atoms with Crippen LogP contribution in [-0.2, 0) is 0 Å². The van der Waals surface area contributed by atoms with E-state index in [1.54, 1.807) is 17.5 Å². The zero-order chi connectivity index (χ0) is 18.8. The van der Waals surface area contributed by atoms with Crippen molar-refractivity contribution in [2.45, 2.75) is 13.8 Å². The Morgan fingerprint density at radius 1 is 1.04 bits per heavy atom. The Labute approximate surface area is 169 Å². The lowest BCUT2D eigenvalue weighted by Gasteiger charge is -2.08. The van der Waals surface area contributed by atoms with E-state index in [2.05, 4.69) is 27.9 Å². The molecule has 1 aromatic heterocycles. The van der Waals surface area contributed by atoms with Gasteiger partial charge in [-0.25, -0.2) is 4.79 Å². The summed E-state index contributed by atoms with van der Waals surface area (Å²) in [4.78, 5) is 24.9. The third-order valence-electron chi connectivity index (χ3n) is 4.13. The van der Waals surface area contributed by atoms with Crippen molar-refractivity contribution in [3.05, 3.63) is 73.7 Å². The lowest BCUT2D eigenvalue weighted by molar-refractivity contribution is 0.0699. The van der Waals surface area contributed by atoms with Crippen LogP contribution in [0.3, 0.4) is 0 Å². The van der Waals surface area contributed by atoms with Gasteiger partial charge in [0.2, 0.25) is 0 Å². The van der Waals surface area contributed by atoms with Crippen LogP contribution in [0.1, 0.15) is 31.8 Å². The lowest BCUT2D eigenvalue weighted by atomic mass is 10.0. The van der Waals surface area contributed by atoms with E-state index in [0.717, 1.165) is 20.3 Å². The van der Waals surface area contributed by atoms with Gasteiger partial charge >= 0.3 is 5.97 Å². The van der Waals surface area contributed by atoms with Crippen molar-refractivity contribution in [3.8, 4) is 10.4 Å². The van der Waals surface area contributed by atoms with E-state index >= 15 is 0 Å². The van der Waals surface area contributed by atoms with Gasteiger partial charge in [0, 0.05) is 14.5 Å². The third kappa shape index (κ3) is 3.81. The molecular weight excluding hydrogens is 461 g/mol. The molecule has 2 aromatic carbocycles. The number of aromatic carboxylic acids is 1. The number of anilines is 1. The van der Waals surface area contributed by atoms with E-state index < -0.39 is 5.97 Å². The summed E-state index contributed by atoms with van der Waals surface area (Å²) in [5.41, 5.74) is 4.01. The number of benzene rings is 2. The summed E-state index contributed by atoms with van der Waals surface area (Å²) < 4.78 is 1.03. The van der Waals surface area contributed by atoms with Crippen LogP contribution in [-0.4, -0.2) is 17.0 Å². The fraction of sp³-hybridized carbons (Fsp3) is 0.100. The second-order valence-electron chi connectivity index (χ2n) is 5.92. The maximum Gasteiger partial charge on any atom is 0.339 e. The molecule has 4 nitrogen and oxygen atoms in total. The summed E-state index contributed by atoms with van der Waals surface area (Å²) in [6, 6.07) is 13.0. The number of carboxylic acids is 1. The van der Waals surface area contributed by atoms with Gasteiger partial charge in [-0.15, -0.1) is 11.3 Å². The summed E-state index contributed by atoms with van der Waals surface area (Å²) in [5.74, 6) is -1.38. The summed E-state index contributed by atoms with van der Waals surface area (Å²) in [6.45, 7) is 4.00. The molecule has 6 heteroatoms. The van der Waals surface area contributed by atoms with E-state index in [0.29, 0.717) is 16.1 Å². The number of thiophene rings is 1. The van der Waals surface area contributed by atoms with Crippen LogP contribution in [0.15, 0.2) is 47.8 Å². The zero-order valence-corrected chi connectivity index (χ0v) is 17.1. The predicted molar refractivity (Wildman–Crippen MR) is 113 cm³/mol. The van der Waals surface area contributed by atoms with Crippen LogP contribution < -0.4 is 5.32 Å². The van der Waals surface area contributed by atoms with Gasteiger partial charge in [0.05, 0.1) is 10.6 Å². The molecule has 0 atom stereocenters. The largest absolute Gasteiger partial charge is 0.478 e. The topological polar surface area (TPSA) is 66.4 Å². The van der Waals surface area contributed by atoms with Gasteiger partial charge in [0.15, 0.2) is 0 Å². The molecule has 0 radical (unpaired) electrons. The van der Waals surface area contributed by atoms with E-state index in [9.17, 15) is 14.7 Å². The Bertz CT molecular complexity index is 993. The monoisotopic (exact) mass is 477 g/mol. The number of hydrogen-bond donors (Lipinski definition) is 2. The van der Waals surface area contributed by atoms with E-state index in [1.165, 1.54) is 11.3 Å². The van der Waals surface area contributed by atoms with Crippen molar-refractivity contribution in [1.82, 2.24) is 0 Å². The smallest absolute Gasteiger partial charge is 0.339 e. The summed E-state index contributed by atoms with van der Waals surface area (Å²) in [6.07, 6.45) is 0. The van der Waals surface area contributed by atoms with Crippen molar-refractivity contribution in [2.24, 2.45) is 0 Å². The number of carbonyl (C=O) groups is 2. The first kappa shape index (κ1) is 18.6. The van der Waals surface area contributed by atoms with Crippen LogP contribution in [0.4, 0.5) is 5.69 Å². The minimum Gasteiger partial charge on any atom is -0.478 e. The minimum atomic E-state index is -1.06. The highest BCUT2D eigenvalue weighted by molar-refractivity contribution is 14.1. The number of carbonyl (C=O) groups excluding carboxylic acids is 1.